The van der Waals surface area contributed by atoms with Crippen LogP contribution >= 0.6 is 0 Å². The zero-order chi connectivity index (χ0) is 16.1. The normalized spacial score (nSPS) is 15.3. The van der Waals surface area contributed by atoms with Gasteiger partial charge in [0.05, 0.1) is 4.92 Å². The number of carbonyl (C=O) groups is 1. The van der Waals surface area contributed by atoms with Crippen molar-refractivity contribution >= 4 is 17.3 Å². The predicted octanol–water partition coefficient (Wildman–Crippen LogP) is 2.23. The van der Waals surface area contributed by atoms with E-state index in [1.807, 2.05) is 0 Å². The average Bonchev–Trinajstić information content (AvgIpc) is 2.66. The fourth-order valence-corrected chi connectivity index (χ4v) is 2.67. The fraction of sp³-hybridized carbons (Fsp3) is 0.643. The average molecular weight is 307 g/mol. The molecule has 0 unspecified atom stereocenters. The highest BCUT2D eigenvalue weighted by Crippen LogP contribution is 2.21. The Balaban J connectivity index is 1.99. The third kappa shape index (κ3) is 3.90. The second-order valence-electron chi connectivity index (χ2n) is 5.56. The number of nitrogens with zero attached hydrogens (tertiary/aromatic N) is 4. The van der Waals surface area contributed by atoms with Crippen LogP contribution in [0.1, 0.15) is 49.9 Å². The van der Waals surface area contributed by atoms with Gasteiger partial charge in [-0.3, -0.25) is 19.6 Å². The Morgan fingerprint density at radius 2 is 1.95 bits per heavy atom. The first-order chi connectivity index (χ1) is 10.5. The Bertz CT molecular complexity index is 596. The molecule has 1 saturated carbocycles. The van der Waals surface area contributed by atoms with E-state index in [-0.39, 0.29) is 18.1 Å². The largest absolute Gasteiger partial charge is 0.312 e. The summed E-state index contributed by atoms with van der Waals surface area (Å²) in [6.45, 7) is 3.07. The van der Waals surface area contributed by atoms with Crippen LogP contribution in [0.15, 0.2) is 5.10 Å². The zero-order valence-electron chi connectivity index (χ0n) is 13.0. The molecule has 8 nitrogen and oxygen atoms in total. The summed E-state index contributed by atoms with van der Waals surface area (Å²) < 4.78 is 1.34. The molecule has 1 aromatic rings. The first-order valence-corrected chi connectivity index (χ1v) is 7.51. The van der Waals surface area contributed by atoms with E-state index in [0.29, 0.717) is 11.4 Å². The van der Waals surface area contributed by atoms with Crippen LogP contribution < -0.4 is 5.43 Å². The molecule has 1 aromatic heterocycles. The van der Waals surface area contributed by atoms with Crippen molar-refractivity contribution in [2.24, 2.45) is 5.10 Å². The van der Waals surface area contributed by atoms with E-state index < -0.39 is 4.92 Å². The molecule has 0 atom stereocenters. The smallest absolute Gasteiger partial charge is 0.271 e. The lowest BCUT2D eigenvalue weighted by atomic mass is 10.2. The number of aromatic nitrogens is 2. The molecule has 22 heavy (non-hydrogen) atoms. The van der Waals surface area contributed by atoms with Gasteiger partial charge in [0.25, 0.3) is 5.91 Å². The molecule has 1 aliphatic rings. The zero-order valence-corrected chi connectivity index (χ0v) is 13.0. The predicted molar refractivity (Wildman–Crippen MR) is 81.6 cm³/mol. The minimum Gasteiger partial charge on any atom is -0.271 e. The third-order valence-corrected chi connectivity index (χ3v) is 3.84. The lowest BCUT2D eigenvalue weighted by Crippen LogP contribution is -2.25. The van der Waals surface area contributed by atoms with Crippen molar-refractivity contribution in [1.82, 2.24) is 15.2 Å². The number of nitrogens with one attached hydrogen (secondary N) is 1. The van der Waals surface area contributed by atoms with Crippen molar-refractivity contribution in [2.45, 2.75) is 58.9 Å². The standard InChI is InChI=1S/C14H21N5O3/c1-10-14(19(21)22)11(2)18(17-10)9-13(20)16-15-12-7-5-3-4-6-8-12/h3-9H2,1-2H3,(H,16,20). The van der Waals surface area contributed by atoms with Crippen LogP contribution in [0.4, 0.5) is 5.69 Å². The first-order valence-electron chi connectivity index (χ1n) is 7.51. The molecule has 1 heterocycles. The van der Waals surface area contributed by atoms with E-state index in [1.165, 1.54) is 17.5 Å². The quantitative estimate of drug-likeness (QED) is 0.523. The summed E-state index contributed by atoms with van der Waals surface area (Å²) in [6, 6.07) is 0. The van der Waals surface area contributed by atoms with Gasteiger partial charge in [-0.05, 0) is 39.5 Å². The van der Waals surface area contributed by atoms with E-state index in [4.69, 9.17) is 0 Å². The highest BCUT2D eigenvalue weighted by atomic mass is 16.6. The number of nitro groups is 1. The summed E-state index contributed by atoms with van der Waals surface area (Å²) in [5.41, 5.74) is 4.20. The highest BCUT2D eigenvalue weighted by Gasteiger charge is 2.22. The van der Waals surface area contributed by atoms with Crippen molar-refractivity contribution < 1.29 is 9.72 Å². The van der Waals surface area contributed by atoms with Crippen molar-refractivity contribution in [1.29, 1.82) is 0 Å². The highest BCUT2D eigenvalue weighted by molar-refractivity contribution is 5.86. The van der Waals surface area contributed by atoms with Gasteiger partial charge in [0.2, 0.25) is 0 Å². The first kappa shape index (κ1) is 16.1. The van der Waals surface area contributed by atoms with Crippen LogP contribution in [0.3, 0.4) is 0 Å². The Morgan fingerprint density at radius 3 is 2.50 bits per heavy atom. The number of hydrazone groups is 1. The number of aryl methyl sites for hydroxylation is 1. The summed E-state index contributed by atoms with van der Waals surface area (Å²) >= 11 is 0. The van der Waals surface area contributed by atoms with Crippen LogP contribution in [0.5, 0.6) is 0 Å². The summed E-state index contributed by atoms with van der Waals surface area (Å²) in [7, 11) is 0. The number of rotatable bonds is 4. The molecule has 0 aliphatic heterocycles. The molecule has 120 valence electrons. The molecule has 1 amide bonds. The lowest BCUT2D eigenvalue weighted by Gasteiger charge is -2.05. The molecule has 0 saturated heterocycles. The number of carbonyl (C=O) groups excluding carboxylic acids is 1. The van der Waals surface area contributed by atoms with Crippen LogP contribution in [0.2, 0.25) is 0 Å². The van der Waals surface area contributed by atoms with Gasteiger partial charge >= 0.3 is 5.69 Å². The molecule has 1 fully saturated rings. The Kier molecular flexibility index (Phi) is 5.24. The maximum Gasteiger partial charge on any atom is 0.312 e. The Hall–Kier alpha value is -2.25. The van der Waals surface area contributed by atoms with Gasteiger partial charge < -0.3 is 0 Å². The Morgan fingerprint density at radius 1 is 1.32 bits per heavy atom. The monoisotopic (exact) mass is 307 g/mol. The van der Waals surface area contributed by atoms with Crippen LogP contribution in [-0.4, -0.2) is 26.3 Å². The van der Waals surface area contributed by atoms with Gasteiger partial charge in [-0.2, -0.15) is 10.2 Å². The Labute approximate surface area is 128 Å². The molecule has 0 aromatic carbocycles. The molecule has 1 aliphatic carbocycles. The number of amides is 1. The topological polar surface area (TPSA) is 102 Å². The van der Waals surface area contributed by atoms with Crippen molar-refractivity contribution in [3.63, 3.8) is 0 Å². The van der Waals surface area contributed by atoms with E-state index >= 15 is 0 Å². The molecule has 0 spiro atoms. The van der Waals surface area contributed by atoms with Crippen LogP contribution in [0.25, 0.3) is 0 Å². The molecular formula is C14H21N5O3. The van der Waals surface area contributed by atoms with Gasteiger partial charge in [0.1, 0.15) is 17.9 Å². The summed E-state index contributed by atoms with van der Waals surface area (Å²) in [4.78, 5) is 22.4. The number of hydrogen-bond acceptors (Lipinski definition) is 5. The second-order valence-corrected chi connectivity index (χ2v) is 5.56. The van der Waals surface area contributed by atoms with Gasteiger partial charge in [0, 0.05) is 5.71 Å². The van der Waals surface area contributed by atoms with Gasteiger partial charge in [0.15, 0.2) is 0 Å². The molecule has 2 rings (SSSR count). The minimum atomic E-state index is -0.474. The third-order valence-electron chi connectivity index (χ3n) is 3.84. The molecular weight excluding hydrogens is 286 g/mol. The molecule has 1 N–H and O–H groups in total. The van der Waals surface area contributed by atoms with Gasteiger partial charge in [-0.15, -0.1) is 0 Å². The number of hydrogen-bond donors (Lipinski definition) is 1. The molecule has 8 heteroatoms. The van der Waals surface area contributed by atoms with Crippen molar-refractivity contribution in [2.75, 3.05) is 0 Å². The van der Waals surface area contributed by atoms with Gasteiger partial charge in [-0.1, -0.05) is 12.8 Å². The maximum atomic E-state index is 11.9. The van der Waals surface area contributed by atoms with Gasteiger partial charge in [-0.25, -0.2) is 5.43 Å². The van der Waals surface area contributed by atoms with Crippen molar-refractivity contribution in [3.8, 4) is 0 Å². The second kappa shape index (κ2) is 7.15. The maximum absolute atomic E-state index is 11.9. The summed E-state index contributed by atoms with van der Waals surface area (Å²) in [6.07, 6.45) is 6.48. The lowest BCUT2D eigenvalue weighted by molar-refractivity contribution is -0.386. The SMILES string of the molecule is Cc1nn(CC(=O)NN=C2CCCCCC2)c(C)c1[N+](=O)[O-]. The molecule has 0 bridgehead atoms. The van der Waals surface area contributed by atoms with E-state index in [9.17, 15) is 14.9 Å². The van der Waals surface area contributed by atoms with Crippen LogP contribution in [0, 0.1) is 24.0 Å². The summed E-state index contributed by atoms with van der Waals surface area (Å²) in [5.74, 6) is -0.322. The minimum absolute atomic E-state index is 0.0390. The van der Waals surface area contributed by atoms with Crippen molar-refractivity contribution in [3.05, 3.63) is 21.5 Å². The van der Waals surface area contributed by atoms with E-state index in [2.05, 4.69) is 15.6 Å². The van der Waals surface area contributed by atoms with E-state index in [0.717, 1.165) is 31.4 Å². The fourth-order valence-electron chi connectivity index (χ4n) is 2.67. The van der Waals surface area contributed by atoms with E-state index in [1.54, 1.807) is 13.8 Å². The summed E-state index contributed by atoms with van der Waals surface area (Å²) in [5, 5.41) is 19.2. The molecule has 0 radical (unpaired) electrons. The van der Waals surface area contributed by atoms with Crippen LogP contribution in [-0.2, 0) is 11.3 Å².